The third-order valence-electron chi connectivity index (χ3n) is 3.32. The molecule has 0 spiro atoms. The smallest absolute Gasteiger partial charge is 0.0962 e. The van der Waals surface area contributed by atoms with E-state index in [2.05, 4.69) is 45.0 Å². The van der Waals surface area contributed by atoms with Crippen molar-refractivity contribution < 1.29 is 0 Å². The first-order chi connectivity index (χ1) is 9.86. The summed E-state index contributed by atoms with van der Waals surface area (Å²) in [5.74, 6) is 0. The predicted molar refractivity (Wildman–Crippen MR) is 80.5 cm³/mol. The molecule has 0 bridgehead atoms. The Morgan fingerprint density at radius 2 is 2.00 bits per heavy atom. The molecule has 0 unspecified atom stereocenters. The number of aromatic nitrogens is 3. The summed E-state index contributed by atoms with van der Waals surface area (Å²) >= 11 is 0. The molecule has 4 heteroatoms. The monoisotopic (exact) mass is 266 g/mol. The molecule has 0 saturated heterocycles. The van der Waals surface area contributed by atoms with Crippen molar-refractivity contribution in [1.82, 2.24) is 19.9 Å². The van der Waals surface area contributed by atoms with Gasteiger partial charge in [-0.3, -0.25) is 4.98 Å². The first-order valence-corrected chi connectivity index (χ1v) is 6.91. The average molecular weight is 266 g/mol. The van der Waals surface area contributed by atoms with Crippen LogP contribution < -0.4 is 5.32 Å². The van der Waals surface area contributed by atoms with Crippen molar-refractivity contribution >= 4 is 11.0 Å². The molecule has 20 heavy (non-hydrogen) atoms. The van der Waals surface area contributed by atoms with Gasteiger partial charge < -0.3 is 9.88 Å². The number of imidazole rings is 1. The zero-order valence-corrected chi connectivity index (χ0v) is 11.6. The summed E-state index contributed by atoms with van der Waals surface area (Å²) in [6, 6.07) is 12.4. The Morgan fingerprint density at radius 1 is 1.10 bits per heavy atom. The van der Waals surface area contributed by atoms with Crippen LogP contribution in [0.3, 0.4) is 0 Å². The number of hydrogen-bond donors (Lipinski definition) is 1. The van der Waals surface area contributed by atoms with Gasteiger partial charge in [0.15, 0.2) is 0 Å². The lowest BCUT2D eigenvalue weighted by Gasteiger charge is -2.06. The van der Waals surface area contributed by atoms with Gasteiger partial charge in [0.05, 0.1) is 29.6 Å². The van der Waals surface area contributed by atoms with Crippen LogP contribution in [0.4, 0.5) is 0 Å². The standard InChI is InChI=1S/C16H18N4/c1-2-17-9-13-7-8-14(18-10-13)11-20-12-19-15-5-3-4-6-16(15)20/h3-8,10,12,17H,2,9,11H2,1H3. The predicted octanol–water partition coefficient (Wildman–Crippen LogP) is 2.59. The number of para-hydroxylation sites is 2. The second-order valence-electron chi connectivity index (χ2n) is 4.80. The van der Waals surface area contributed by atoms with E-state index in [1.807, 2.05) is 30.7 Å². The molecule has 0 radical (unpaired) electrons. The molecule has 0 saturated carbocycles. The Hall–Kier alpha value is -2.20. The van der Waals surface area contributed by atoms with E-state index in [4.69, 9.17) is 0 Å². The number of nitrogens with zero attached hydrogens (tertiary/aromatic N) is 3. The normalized spacial score (nSPS) is 11.1. The van der Waals surface area contributed by atoms with Crippen molar-refractivity contribution in [3.05, 3.63) is 60.2 Å². The van der Waals surface area contributed by atoms with E-state index in [-0.39, 0.29) is 0 Å². The number of hydrogen-bond acceptors (Lipinski definition) is 3. The molecule has 1 aromatic carbocycles. The van der Waals surface area contributed by atoms with Gasteiger partial charge in [-0.1, -0.05) is 25.1 Å². The SMILES string of the molecule is CCNCc1ccc(Cn2cnc3ccccc32)nc1. The first-order valence-electron chi connectivity index (χ1n) is 6.91. The van der Waals surface area contributed by atoms with E-state index in [0.29, 0.717) is 0 Å². The van der Waals surface area contributed by atoms with E-state index in [1.165, 1.54) is 5.56 Å². The van der Waals surface area contributed by atoms with Crippen molar-refractivity contribution in [2.75, 3.05) is 6.54 Å². The quantitative estimate of drug-likeness (QED) is 0.772. The van der Waals surface area contributed by atoms with Gasteiger partial charge >= 0.3 is 0 Å². The maximum absolute atomic E-state index is 4.52. The van der Waals surface area contributed by atoms with Gasteiger partial charge in [0, 0.05) is 12.7 Å². The van der Waals surface area contributed by atoms with Crippen LogP contribution in [0.25, 0.3) is 11.0 Å². The number of benzene rings is 1. The van der Waals surface area contributed by atoms with Crippen LogP contribution in [0.5, 0.6) is 0 Å². The van der Waals surface area contributed by atoms with Crippen LogP contribution in [0.2, 0.25) is 0 Å². The van der Waals surface area contributed by atoms with Crippen LogP contribution >= 0.6 is 0 Å². The number of fused-ring (bicyclic) bond motifs is 1. The van der Waals surface area contributed by atoms with Gasteiger partial charge in [0.1, 0.15) is 0 Å². The van der Waals surface area contributed by atoms with E-state index in [0.717, 1.165) is 36.4 Å². The average Bonchev–Trinajstić information content (AvgIpc) is 2.90. The summed E-state index contributed by atoms with van der Waals surface area (Å²) in [4.78, 5) is 8.92. The highest BCUT2D eigenvalue weighted by Crippen LogP contribution is 2.13. The molecule has 3 aromatic rings. The minimum absolute atomic E-state index is 0.752. The van der Waals surface area contributed by atoms with Gasteiger partial charge in [-0.15, -0.1) is 0 Å². The summed E-state index contributed by atoms with van der Waals surface area (Å²) in [6.45, 7) is 4.70. The first kappa shape index (κ1) is 12.8. The molecule has 0 amide bonds. The topological polar surface area (TPSA) is 42.7 Å². The van der Waals surface area contributed by atoms with E-state index in [9.17, 15) is 0 Å². The van der Waals surface area contributed by atoms with Crippen LogP contribution in [-0.4, -0.2) is 21.1 Å². The van der Waals surface area contributed by atoms with Gasteiger partial charge in [-0.2, -0.15) is 0 Å². The molecular formula is C16H18N4. The minimum Gasteiger partial charge on any atom is -0.324 e. The van der Waals surface area contributed by atoms with Crippen molar-refractivity contribution in [3.63, 3.8) is 0 Å². The van der Waals surface area contributed by atoms with Crippen LogP contribution in [0.1, 0.15) is 18.2 Å². The van der Waals surface area contributed by atoms with Crippen LogP contribution in [0.15, 0.2) is 48.9 Å². The second-order valence-corrected chi connectivity index (χ2v) is 4.80. The van der Waals surface area contributed by atoms with Gasteiger partial charge in [-0.05, 0) is 30.3 Å². The molecule has 1 N–H and O–H groups in total. The fraction of sp³-hybridized carbons (Fsp3) is 0.250. The van der Waals surface area contributed by atoms with Gasteiger partial charge in [-0.25, -0.2) is 4.98 Å². The maximum atomic E-state index is 4.52. The molecule has 2 aromatic heterocycles. The fourth-order valence-corrected chi connectivity index (χ4v) is 2.23. The Bertz CT molecular complexity index is 685. The van der Waals surface area contributed by atoms with Crippen molar-refractivity contribution in [2.45, 2.75) is 20.0 Å². The van der Waals surface area contributed by atoms with Crippen LogP contribution in [-0.2, 0) is 13.1 Å². The molecule has 4 nitrogen and oxygen atoms in total. The largest absolute Gasteiger partial charge is 0.324 e. The summed E-state index contributed by atoms with van der Waals surface area (Å²) in [5, 5.41) is 3.30. The maximum Gasteiger partial charge on any atom is 0.0962 e. The highest BCUT2D eigenvalue weighted by Gasteiger charge is 2.03. The zero-order chi connectivity index (χ0) is 13.8. The number of pyridine rings is 1. The Kier molecular flexibility index (Phi) is 3.74. The van der Waals surface area contributed by atoms with E-state index < -0.39 is 0 Å². The lowest BCUT2D eigenvalue weighted by molar-refractivity contribution is 0.721. The molecule has 2 heterocycles. The number of rotatable bonds is 5. The third kappa shape index (κ3) is 2.70. The zero-order valence-electron chi connectivity index (χ0n) is 11.6. The summed E-state index contributed by atoms with van der Waals surface area (Å²) in [7, 11) is 0. The van der Waals surface area contributed by atoms with Crippen molar-refractivity contribution in [1.29, 1.82) is 0 Å². The lowest BCUT2D eigenvalue weighted by Crippen LogP contribution is -2.12. The Morgan fingerprint density at radius 3 is 2.80 bits per heavy atom. The molecule has 0 aliphatic rings. The summed E-state index contributed by atoms with van der Waals surface area (Å²) < 4.78 is 2.13. The molecule has 0 atom stereocenters. The molecular weight excluding hydrogens is 248 g/mol. The molecule has 3 rings (SSSR count). The van der Waals surface area contributed by atoms with Crippen LogP contribution in [0, 0.1) is 0 Å². The second kappa shape index (κ2) is 5.84. The van der Waals surface area contributed by atoms with Gasteiger partial charge in [0.25, 0.3) is 0 Å². The Balaban J connectivity index is 1.77. The molecule has 0 aliphatic carbocycles. The lowest BCUT2D eigenvalue weighted by atomic mass is 10.2. The molecule has 0 aliphatic heterocycles. The summed E-state index contributed by atoms with van der Waals surface area (Å²) in [5.41, 5.74) is 4.43. The summed E-state index contributed by atoms with van der Waals surface area (Å²) in [6.07, 6.45) is 3.82. The third-order valence-corrected chi connectivity index (χ3v) is 3.32. The number of nitrogens with one attached hydrogen (secondary N) is 1. The minimum atomic E-state index is 0.752. The van der Waals surface area contributed by atoms with Gasteiger partial charge in [0.2, 0.25) is 0 Å². The van der Waals surface area contributed by atoms with Crippen molar-refractivity contribution in [2.24, 2.45) is 0 Å². The fourth-order valence-electron chi connectivity index (χ4n) is 2.23. The van der Waals surface area contributed by atoms with Crippen molar-refractivity contribution in [3.8, 4) is 0 Å². The van der Waals surface area contributed by atoms with E-state index in [1.54, 1.807) is 0 Å². The Labute approximate surface area is 118 Å². The highest BCUT2D eigenvalue weighted by atomic mass is 15.0. The molecule has 102 valence electrons. The molecule has 0 fully saturated rings. The van der Waals surface area contributed by atoms with E-state index >= 15 is 0 Å². The highest BCUT2D eigenvalue weighted by molar-refractivity contribution is 5.74.